The van der Waals surface area contributed by atoms with Gasteiger partial charge in [0.05, 0.1) is 22.8 Å². The zero-order valence-corrected chi connectivity index (χ0v) is 18.8. The van der Waals surface area contributed by atoms with Crippen LogP contribution in [0, 0.1) is 12.7 Å². The Kier molecular flexibility index (Phi) is 6.01. The molecule has 35 heavy (non-hydrogen) atoms. The fraction of sp³-hybridized carbons (Fsp3) is 0.130. The van der Waals surface area contributed by atoms with E-state index in [9.17, 15) is 35.9 Å². The Morgan fingerprint density at radius 2 is 1.63 bits per heavy atom. The third-order valence-corrected chi connectivity index (χ3v) is 6.97. The second-order valence-corrected chi connectivity index (χ2v) is 9.54. The predicted octanol–water partition coefficient (Wildman–Crippen LogP) is 4.20. The number of pyridine rings is 1. The van der Waals surface area contributed by atoms with Gasteiger partial charge in [-0.05, 0) is 60.5 Å². The molecule has 12 heteroatoms. The van der Waals surface area contributed by atoms with Crippen molar-refractivity contribution in [3.8, 4) is 22.7 Å². The molecule has 2 aromatic heterocycles. The first-order valence-electron chi connectivity index (χ1n) is 10.0. The number of imidazole rings is 1. The van der Waals surface area contributed by atoms with E-state index in [1.807, 2.05) is 0 Å². The van der Waals surface area contributed by atoms with Crippen molar-refractivity contribution in [2.45, 2.75) is 23.9 Å². The van der Waals surface area contributed by atoms with E-state index in [0.29, 0.717) is 28.8 Å². The molecule has 2 aromatic carbocycles. The Morgan fingerprint density at radius 1 is 1.00 bits per heavy atom. The number of benzene rings is 2. The molecule has 0 aliphatic heterocycles. The van der Waals surface area contributed by atoms with E-state index in [1.165, 1.54) is 29.8 Å². The minimum atomic E-state index is -5.56. The maximum Gasteiger partial charge on any atom is 0.501 e. The van der Waals surface area contributed by atoms with Crippen LogP contribution in [0.1, 0.15) is 11.3 Å². The Bertz CT molecular complexity index is 1560. The van der Waals surface area contributed by atoms with Crippen LogP contribution in [-0.2, 0) is 16.4 Å². The van der Waals surface area contributed by atoms with Gasteiger partial charge in [0, 0.05) is 18.0 Å². The van der Waals surface area contributed by atoms with Crippen LogP contribution >= 0.6 is 0 Å². The fourth-order valence-electron chi connectivity index (χ4n) is 3.59. The van der Waals surface area contributed by atoms with E-state index < -0.39 is 37.6 Å². The highest BCUT2D eigenvalue weighted by atomic mass is 32.2. The van der Waals surface area contributed by atoms with Crippen LogP contribution in [0.25, 0.3) is 16.8 Å². The predicted molar refractivity (Wildman–Crippen MR) is 118 cm³/mol. The lowest BCUT2D eigenvalue weighted by molar-refractivity contribution is -0.0436. The van der Waals surface area contributed by atoms with Crippen molar-refractivity contribution in [2.75, 3.05) is 0 Å². The van der Waals surface area contributed by atoms with E-state index in [4.69, 9.17) is 0 Å². The molecular weight excluding hydrogens is 490 g/mol. The lowest BCUT2D eigenvalue weighted by Crippen LogP contribution is -2.25. The molecule has 1 N–H and O–H groups in total. The number of nitrogens with zero attached hydrogens (tertiary/aromatic N) is 3. The Labute approximate surface area is 196 Å². The van der Waals surface area contributed by atoms with E-state index in [2.05, 4.69) is 4.98 Å². The standard InChI is InChI=1S/C23H17F4N3O4S/c1-14-21(31)30(18-6-8-19(9-7-18)35(33,34)23(25,26)27)22(32)29(14)13-16-10-11-28-12-20(16)15-2-4-17(24)5-3-15/h2-12,31H,13H2,1H3. The summed E-state index contributed by atoms with van der Waals surface area (Å²) >= 11 is 0. The van der Waals surface area contributed by atoms with Crippen LogP contribution in [-0.4, -0.2) is 33.2 Å². The molecule has 7 nitrogen and oxygen atoms in total. The fourth-order valence-corrected chi connectivity index (χ4v) is 4.35. The largest absolute Gasteiger partial charge is 0.501 e. The van der Waals surface area contributed by atoms with Gasteiger partial charge in [0.2, 0.25) is 5.88 Å². The number of alkyl halides is 3. The number of aromatic hydroxyl groups is 1. The van der Waals surface area contributed by atoms with Gasteiger partial charge < -0.3 is 5.11 Å². The highest BCUT2D eigenvalue weighted by Crippen LogP contribution is 2.31. The molecule has 0 aliphatic carbocycles. The number of hydrogen-bond acceptors (Lipinski definition) is 5. The monoisotopic (exact) mass is 507 g/mol. The van der Waals surface area contributed by atoms with Crippen molar-refractivity contribution in [1.82, 2.24) is 14.1 Å². The second kappa shape index (κ2) is 8.69. The van der Waals surface area contributed by atoms with Gasteiger partial charge in [-0.1, -0.05) is 12.1 Å². The quantitative estimate of drug-likeness (QED) is 0.409. The van der Waals surface area contributed by atoms with Gasteiger partial charge in [-0.25, -0.2) is 22.2 Å². The molecule has 4 rings (SSSR count). The molecule has 0 fully saturated rings. The Hall–Kier alpha value is -3.93. The zero-order chi connectivity index (χ0) is 25.5. The number of aromatic nitrogens is 3. The number of halogens is 4. The normalized spacial score (nSPS) is 12.1. The van der Waals surface area contributed by atoms with Crippen molar-refractivity contribution in [3.63, 3.8) is 0 Å². The third-order valence-electron chi connectivity index (χ3n) is 5.47. The molecule has 0 radical (unpaired) electrons. The van der Waals surface area contributed by atoms with Gasteiger partial charge in [-0.3, -0.25) is 9.55 Å². The van der Waals surface area contributed by atoms with Crippen LogP contribution in [0.15, 0.2) is 76.7 Å². The molecule has 2 heterocycles. The Balaban J connectivity index is 1.74. The molecule has 0 bridgehead atoms. The lowest BCUT2D eigenvalue weighted by atomic mass is 10.0. The average Bonchev–Trinajstić information content (AvgIpc) is 3.02. The van der Waals surface area contributed by atoms with Crippen LogP contribution < -0.4 is 5.69 Å². The van der Waals surface area contributed by atoms with E-state index in [1.54, 1.807) is 24.4 Å². The van der Waals surface area contributed by atoms with Crippen LogP contribution in [0.5, 0.6) is 5.88 Å². The van der Waals surface area contributed by atoms with E-state index >= 15 is 0 Å². The summed E-state index contributed by atoms with van der Waals surface area (Å²) in [4.78, 5) is 16.2. The van der Waals surface area contributed by atoms with Gasteiger partial charge in [-0.2, -0.15) is 13.2 Å². The second-order valence-electron chi connectivity index (χ2n) is 7.60. The highest BCUT2D eigenvalue weighted by Gasteiger charge is 2.46. The van der Waals surface area contributed by atoms with Crippen LogP contribution in [0.2, 0.25) is 0 Å². The van der Waals surface area contributed by atoms with E-state index in [-0.39, 0.29) is 17.9 Å². The van der Waals surface area contributed by atoms with Crippen LogP contribution in [0.4, 0.5) is 17.6 Å². The van der Waals surface area contributed by atoms with Crippen molar-refractivity contribution in [3.05, 3.63) is 94.5 Å². The summed E-state index contributed by atoms with van der Waals surface area (Å²) in [5.41, 5.74) is -4.10. The van der Waals surface area contributed by atoms with Gasteiger partial charge in [0.25, 0.3) is 9.84 Å². The Morgan fingerprint density at radius 3 is 2.23 bits per heavy atom. The molecule has 0 saturated heterocycles. The van der Waals surface area contributed by atoms with Crippen molar-refractivity contribution in [1.29, 1.82) is 0 Å². The average molecular weight is 507 g/mol. The molecule has 0 atom stereocenters. The zero-order valence-electron chi connectivity index (χ0n) is 18.0. The summed E-state index contributed by atoms with van der Waals surface area (Å²) < 4.78 is 77.0. The molecular formula is C23H17F4N3O4S. The highest BCUT2D eigenvalue weighted by molar-refractivity contribution is 7.92. The number of rotatable bonds is 5. The maximum absolute atomic E-state index is 13.3. The van der Waals surface area contributed by atoms with Gasteiger partial charge in [0.15, 0.2) is 0 Å². The topological polar surface area (TPSA) is 94.2 Å². The molecule has 0 unspecified atom stereocenters. The van der Waals surface area contributed by atoms with Crippen molar-refractivity contribution in [2.24, 2.45) is 0 Å². The summed E-state index contributed by atoms with van der Waals surface area (Å²) in [6.45, 7) is 1.48. The van der Waals surface area contributed by atoms with Gasteiger partial charge in [0.1, 0.15) is 5.82 Å². The van der Waals surface area contributed by atoms with E-state index in [0.717, 1.165) is 16.7 Å². The summed E-state index contributed by atoms with van der Waals surface area (Å²) in [5, 5.41) is 10.6. The first kappa shape index (κ1) is 24.2. The van der Waals surface area contributed by atoms with Crippen LogP contribution in [0.3, 0.4) is 0 Å². The first-order chi connectivity index (χ1) is 16.4. The summed E-state index contributed by atoms with van der Waals surface area (Å²) in [6.07, 6.45) is 3.07. The van der Waals surface area contributed by atoms with Crippen molar-refractivity contribution >= 4 is 9.84 Å². The third kappa shape index (κ3) is 4.32. The summed E-state index contributed by atoms with van der Waals surface area (Å²) in [5.74, 6) is -0.874. The maximum atomic E-state index is 13.3. The number of sulfone groups is 1. The van der Waals surface area contributed by atoms with Gasteiger partial charge in [-0.15, -0.1) is 0 Å². The molecule has 4 aromatic rings. The molecule has 0 spiro atoms. The first-order valence-corrected chi connectivity index (χ1v) is 11.5. The molecule has 0 aliphatic rings. The minimum absolute atomic E-state index is 0.000985. The summed E-state index contributed by atoms with van der Waals surface area (Å²) in [6, 6.07) is 10.8. The molecule has 182 valence electrons. The summed E-state index contributed by atoms with van der Waals surface area (Å²) in [7, 11) is -5.56. The smallest absolute Gasteiger partial charge is 0.493 e. The van der Waals surface area contributed by atoms with Gasteiger partial charge >= 0.3 is 11.2 Å². The number of hydrogen-bond donors (Lipinski definition) is 1. The SMILES string of the molecule is Cc1c(O)n(-c2ccc(S(=O)(=O)C(F)(F)F)cc2)c(=O)n1Cc1ccncc1-c1ccc(F)cc1. The minimum Gasteiger partial charge on any atom is -0.493 e. The molecule has 0 saturated carbocycles. The molecule has 0 amide bonds. The lowest BCUT2D eigenvalue weighted by Gasteiger charge is -2.10. The van der Waals surface area contributed by atoms with Crippen molar-refractivity contribution < 1.29 is 31.1 Å².